The molecule has 0 spiro atoms. The molecule has 0 fully saturated rings. The first-order valence-electron chi connectivity index (χ1n) is 21.7. The molecule has 2 amide bonds. The molecule has 0 rings (SSSR count). The zero-order chi connectivity index (χ0) is 39.0. The summed E-state index contributed by atoms with van der Waals surface area (Å²) < 4.78 is 6.01. The van der Waals surface area contributed by atoms with E-state index in [9.17, 15) is 19.2 Å². The summed E-state index contributed by atoms with van der Waals surface area (Å²) in [5.41, 5.74) is 0. The Labute approximate surface area is 324 Å². The molecule has 9 nitrogen and oxygen atoms in total. The molecule has 4 N–H and O–H groups in total. The Morgan fingerprint density at radius 2 is 1.02 bits per heavy atom. The van der Waals surface area contributed by atoms with E-state index in [1.807, 2.05) is 0 Å². The Bertz CT molecular complexity index is 952. The minimum atomic E-state index is -1.38. The number of ether oxygens (including phenoxy) is 1. The highest BCUT2D eigenvalue weighted by atomic mass is 16.5. The van der Waals surface area contributed by atoms with Gasteiger partial charge in [0.05, 0.1) is 13.2 Å². The van der Waals surface area contributed by atoms with Crippen LogP contribution < -0.4 is 10.6 Å². The van der Waals surface area contributed by atoms with Crippen LogP contribution >= 0.6 is 0 Å². The van der Waals surface area contributed by atoms with Crippen LogP contribution in [0.3, 0.4) is 0 Å². The summed E-state index contributed by atoms with van der Waals surface area (Å²) in [6.45, 7) is 3.45. The van der Waals surface area contributed by atoms with Gasteiger partial charge in [-0.05, 0) is 70.6 Å². The van der Waals surface area contributed by atoms with Crippen molar-refractivity contribution in [2.45, 2.75) is 219 Å². The van der Waals surface area contributed by atoms with Crippen LogP contribution in [0.25, 0.3) is 0 Å². The van der Waals surface area contributed by atoms with E-state index in [4.69, 9.17) is 14.9 Å². The van der Waals surface area contributed by atoms with Gasteiger partial charge in [-0.1, -0.05) is 147 Å². The third-order valence-corrected chi connectivity index (χ3v) is 9.70. The summed E-state index contributed by atoms with van der Waals surface area (Å²) in [5, 5.41) is 22.5. The number of hydrogen-bond acceptors (Lipinski definition) is 6. The maximum absolute atomic E-state index is 12.7. The first-order chi connectivity index (χ1) is 25.8. The molecule has 53 heavy (non-hydrogen) atoms. The molecule has 0 saturated heterocycles. The van der Waals surface area contributed by atoms with Gasteiger partial charge in [-0.3, -0.25) is 14.4 Å². The number of unbranched alkanes of at least 4 members (excludes halogenated alkanes) is 21. The second kappa shape index (κ2) is 39.0. The van der Waals surface area contributed by atoms with E-state index in [-0.39, 0.29) is 24.5 Å². The van der Waals surface area contributed by atoms with Crippen LogP contribution in [-0.2, 0) is 23.9 Å². The van der Waals surface area contributed by atoms with Crippen molar-refractivity contribution in [3.05, 3.63) is 24.3 Å². The number of carboxylic acid groups (broad SMARTS) is 1. The molecule has 0 aromatic carbocycles. The van der Waals surface area contributed by atoms with Gasteiger partial charge in [-0.2, -0.15) is 0 Å². The zero-order valence-corrected chi connectivity index (χ0v) is 34.0. The van der Waals surface area contributed by atoms with Crippen molar-refractivity contribution >= 4 is 23.8 Å². The standard InChI is InChI=1S/C44H80N2O7/c1-3-5-7-9-11-13-14-15-16-17-18-19-20-21-23-28-32-36-43(50)53-39(33-29-25-22-12-10-8-6-4-2)34-30-26-24-27-31-35-41(48)45-37-42(49)46-40(38-47)44(51)52/h11,13,15-16,39-40,47H,3-10,12,14,17-38H2,1-2H3,(H,45,48)(H,46,49)(H,51,52)/b13-11-,16-15-. The quantitative estimate of drug-likeness (QED) is 0.0278. The topological polar surface area (TPSA) is 142 Å². The highest BCUT2D eigenvalue weighted by Crippen LogP contribution is 2.19. The van der Waals surface area contributed by atoms with Gasteiger partial charge in [0, 0.05) is 12.8 Å². The molecule has 2 atom stereocenters. The number of aliphatic carboxylic acids is 1. The number of amides is 2. The highest BCUT2D eigenvalue weighted by molar-refractivity contribution is 5.87. The summed E-state index contributed by atoms with van der Waals surface area (Å²) in [5.74, 6) is -2.29. The molecule has 2 unspecified atom stereocenters. The average molecular weight is 749 g/mol. The van der Waals surface area contributed by atoms with E-state index in [1.165, 1.54) is 109 Å². The van der Waals surface area contributed by atoms with Crippen molar-refractivity contribution in [3.63, 3.8) is 0 Å². The van der Waals surface area contributed by atoms with Crippen molar-refractivity contribution in [2.24, 2.45) is 0 Å². The second-order valence-electron chi connectivity index (χ2n) is 14.8. The zero-order valence-electron chi connectivity index (χ0n) is 34.0. The Balaban J connectivity index is 4.19. The number of aliphatic hydroxyl groups excluding tert-OH is 1. The van der Waals surface area contributed by atoms with E-state index < -0.39 is 24.5 Å². The number of carbonyl (C=O) groups is 4. The molecular weight excluding hydrogens is 668 g/mol. The van der Waals surface area contributed by atoms with Gasteiger partial charge in [-0.15, -0.1) is 0 Å². The number of esters is 1. The lowest BCUT2D eigenvalue weighted by atomic mass is 10.0. The lowest BCUT2D eigenvalue weighted by Crippen LogP contribution is -2.47. The first-order valence-corrected chi connectivity index (χ1v) is 21.7. The minimum absolute atomic E-state index is 0.0121. The number of carbonyl (C=O) groups excluding carboxylic acids is 3. The van der Waals surface area contributed by atoms with E-state index in [1.54, 1.807) is 0 Å². The van der Waals surface area contributed by atoms with Gasteiger partial charge in [0.15, 0.2) is 0 Å². The lowest BCUT2D eigenvalue weighted by molar-refractivity contribution is -0.150. The maximum atomic E-state index is 12.7. The number of hydrogen-bond donors (Lipinski definition) is 4. The van der Waals surface area contributed by atoms with Gasteiger partial charge < -0.3 is 25.6 Å². The van der Waals surface area contributed by atoms with E-state index in [2.05, 4.69) is 48.8 Å². The van der Waals surface area contributed by atoms with E-state index in [0.717, 1.165) is 64.2 Å². The van der Waals surface area contributed by atoms with Crippen LogP contribution in [0.15, 0.2) is 24.3 Å². The molecule has 0 aromatic heterocycles. The highest BCUT2D eigenvalue weighted by Gasteiger charge is 2.19. The maximum Gasteiger partial charge on any atom is 0.328 e. The van der Waals surface area contributed by atoms with Crippen molar-refractivity contribution in [1.82, 2.24) is 10.6 Å². The summed E-state index contributed by atoms with van der Waals surface area (Å²) >= 11 is 0. The molecule has 0 heterocycles. The largest absolute Gasteiger partial charge is 0.480 e. The predicted molar refractivity (Wildman–Crippen MR) is 218 cm³/mol. The van der Waals surface area contributed by atoms with Gasteiger partial charge >= 0.3 is 11.9 Å². The van der Waals surface area contributed by atoms with Gasteiger partial charge in [-0.25, -0.2) is 4.79 Å². The average Bonchev–Trinajstić information content (AvgIpc) is 3.14. The first kappa shape index (κ1) is 50.3. The molecule has 0 aromatic rings. The van der Waals surface area contributed by atoms with Crippen LogP contribution in [0.4, 0.5) is 0 Å². The summed E-state index contributed by atoms with van der Waals surface area (Å²) in [4.78, 5) is 47.5. The smallest absolute Gasteiger partial charge is 0.328 e. The molecule has 308 valence electrons. The lowest BCUT2D eigenvalue weighted by Gasteiger charge is -2.18. The van der Waals surface area contributed by atoms with Crippen LogP contribution in [-0.4, -0.2) is 59.3 Å². The Kier molecular flexibility index (Phi) is 37.1. The third kappa shape index (κ3) is 36.1. The monoisotopic (exact) mass is 749 g/mol. The molecule has 0 aliphatic heterocycles. The summed E-state index contributed by atoms with van der Waals surface area (Å²) in [6, 6.07) is -1.38. The molecular formula is C44H80N2O7. The van der Waals surface area contributed by atoms with Gasteiger partial charge in [0.25, 0.3) is 0 Å². The predicted octanol–water partition coefficient (Wildman–Crippen LogP) is 10.4. The number of aliphatic hydroxyl groups is 1. The fourth-order valence-corrected chi connectivity index (χ4v) is 6.33. The molecule has 0 saturated carbocycles. The fraction of sp³-hybridized carbons (Fsp3) is 0.818. The Hall–Kier alpha value is -2.68. The minimum Gasteiger partial charge on any atom is -0.480 e. The molecule has 0 bridgehead atoms. The Morgan fingerprint density at radius 1 is 0.566 bits per heavy atom. The summed E-state index contributed by atoms with van der Waals surface area (Å²) in [6.07, 6.45) is 42.0. The van der Waals surface area contributed by atoms with Crippen LogP contribution in [0.1, 0.15) is 206 Å². The van der Waals surface area contributed by atoms with E-state index in [0.29, 0.717) is 19.3 Å². The van der Waals surface area contributed by atoms with Crippen LogP contribution in [0, 0.1) is 0 Å². The van der Waals surface area contributed by atoms with Crippen molar-refractivity contribution < 1.29 is 34.1 Å². The number of carboxylic acids is 1. The molecule has 9 heteroatoms. The van der Waals surface area contributed by atoms with Crippen LogP contribution in [0.2, 0.25) is 0 Å². The molecule has 0 aliphatic rings. The normalized spacial score (nSPS) is 12.7. The number of nitrogens with one attached hydrogen (secondary N) is 2. The van der Waals surface area contributed by atoms with Crippen molar-refractivity contribution in [2.75, 3.05) is 13.2 Å². The number of rotatable bonds is 39. The van der Waals surface area contributed by atoms with Crippen LogP contribution in [0.5, 0.6) is 0 Å². The fourth-order valence-electron chi connectivity index (χ4n) is 6.33. The van der Waals surface area contributed by atoms with Gasteiger partial charge in [0.2, 0.25) is 11.8 Å². The van der Waals surface area contributed by atoms with Gasteiger partial charge in [0.1, 0.15) is 12.1 Å². The van der Waals surface area contributed by atoms with Crippen molar-refractivity contribution in [3.8, 4) is 0 Å². The van der Waals surface area contributed by atoms with E-state index >= 15 is 0 Å². The summed E-state index contributed by atoms with van der Waals surface area (Å²) in [7, 11) is 0. The molecule has 0 radical (unpaired) electrons. The second-order valence-corrected chi connectivity index (χ2v) is 14.8. The number of allylic oxidation sites excluding steroid dienone is 4. The SMILES string of the molecule is CCCCC/C=C\C/C=C\CCCCCCCCCC(=O)OC(CCCCCCCCCC)CCCCCCCC(=O)NCC(=O)NC(CO)C(=O)O. The Morgan fingerprint density at radius 3 is 1.55 bits per heavy atom. The van der Waals surface area contributed by atoms with Crippen molar-refractivity contribution in [1.29, 1.82) is 0 Å². The third-order valence-electron chi connectivity index (χ3n) is 9.70. The molecule has 0 aliphatic carbocycles.